The van der Waals surface area contributed by atoms with Gasteiger partial charge in [-0.3, -0.25) is 0 Å². The van der Waals surface area contributed by atoms with Gasteiger partial charge < -0.3 is 5.11 Å². The summed E-state index contributed by atoms with van der Waals surface area (Å²) < 4.78 is 39.2. The van der Waals surface area contributed by atoms with Crippen molar-refractivity contribution in [2.75, 3.05) is 13.1 Å². The van der Waals surface area contributed by atoms with Crippen LogP contribution in [0.5, 0.6) is 0 Å². The van der Waals surface area contributed by atoms with E-state index < -0.39 is 21.4 Å². The largest absolute Gasteiger partial charge is 0.387 e. The smallest absolute Gasteiger partial charge is 0.243 e. The molecule has 0 radical (unpaired) electrons. The minimum absolute atomic E-state index is 0.0477. The Balaban J connectivity index is 1.82. The van der Waals surface area contributed by atoms with E-state index in [9.17, 15) is 17.9 Å². The molecule has 19 heavy (non-hydrogen) atoms. The number of halogens is 1. The van der Waals surface area contributed by atoms with Crippen LogP contribution in [0.1, 0.15) is 18.4 Å². The summed E-state index contributed by atoms with van der Waals surface area (Å²) in [6.07, 6.45) is 1.92. The molecule has 1 heterocycles. The van der Waals surface area contributed by atoms with Crippen LogP contribution in [0.3, 0.4) is 0 Å². The number of nitrogens with zero attached hydrogens (tertiary/aromatic N) is 1. The predicted molar refractivity (Wildman–Crippen MR) is 67.6 cm³/mol. The lowest BCUT2D eigenvalue weighted by atomic mass is 9.91. The Bertz CT molecular complexity index is 619. The minimum Gasteiger partial charge on any atom is -0.387 e. The average Bonchev–Trinajstić information content (AvgIpc) is 3.12. The van der Waals surface area contributed by atoms with Gasteiger partial charge in [0.2, 0.25) is 10.0 Å². The highest BCUT2D eigenvalue weighted by atomic mass is 32.2. The van der Waals surface area contributed by atoms with Gasteiger partial charge in [-0.2, -0.15) is 4.31 Å². The molecule has 0 bridgehead atoms. The highest BCUT2D eigenvalue weighted by Crippen LogP contribution is 2.45. The molecular formula is C13H16FNO3S. The lowest BCUT2D eigenvalue weighted by molar-refractivity contribution is -0.0764. The van der Waals surface area contributed by atoms with Crippen molar-refractivity contribution in [1.29, 1.82) is 0 Å². The molecule has 1 aromatic rings. The SMILES string of the molecule is Cc1ccc(S(=O)(=O)N2CC(O)(C3CC3)C2)cc1F. The second kappa shape index (κ2) is 4.01. The number of β-amino-alcohol motifs (C(OH)–C–C–N with tert-alkyl or cyclic N) is 1. The maximum absolute atomic E-state index is 13.5. The van der Waals surface area contributed by atoms with Crippen molar-refractivity contribution in [3.63, 3.8) is 0 Å². The number of aliphatic hydroxyl groups is 1. The van der Waals surface area contributed by atoms with Crippen molar-refractivity contribution in [1.82, 2.24) is 4.31 Å². The lowest BCUT2D eigenvalue weighted by Gasteiger charge is -2.45. The van der Waals surface area contributed by atoms with Crippen molar-refractivity contribution in [3.8, 4) is 0 Å². The predicted octanol–water partition coefficient (Wildman–Crippen LogP) is 1.28. The van der Waals surface area contributed by atoms with Crippen molar-refractivity contribution in [2.24, 2.45) is 5.92 Å². The van der Waals surface area contributed by atoms with Crippen molar-refractivity contribution in [2.45, 2.75) is 30.3 Å². The van der Waals surface area contributed by atoms with E-state index in [4.69, 9.17) is 0 Å². The van der Waals surface area contributed by atoms with Gasteiger partial charge >= 0.3 is 0 Å². The van der Waals surface area contributed by atoms with Crippen LogP contribution in [-0.4, -0.2) is 36.5 Å². The van der Waals surface area contributed by atoms with Gasteiger partial charge in [-0.05, 0) is 43.4 Å². The van der Waals surface area contributed by atoms with Gasteiger partial charge in [0.15, 0.2) is 0 Å². The number of hydrogen-bond acceptors (Lipinski definition) is 3. The Labute approximate surface area is 111 Å². The van der Waals surface area contributed by atoms with E-state index in [2.05, 4.69) is 0 Å². The monoisotopic (exact) mass is 285 g/mol. The second-order valence-electron chi connectivity index (χ2n) is 5.56. The molecule has 0 amide bonds. The second-order valence-corrected chi connectivity index (χ2v) is 7.50. The molecule has 1 aromatic carbocycles. The van der Waals surface area contributed by atoms with Crippen molar-refractivity contribution >= 4 is 10.0 Å². The van der Waals surface area contributed by atoms with E-state index >= 15 is 0 Å². The first-order valence-electron chi connectivity index (χ1n) is 6.32. The van der Waals surface area contributed by atoms with E-state index in [1.807, 2.05) is 0 Å². The number of sulfonamides is 1. The number of aryl methyl sites for hydroxylation is 1. The van der Waals surface area contributed by atoms with E-state index in [1.165, 1.54) is 16.4 Å². The van der Waals surface area contributed by atoms with Gasteiger partial charge in [0.05, 0.1) is 10.5 Å². The lowest BCUT2D eigenvalue weighted by Crippen LogP contribution is -2.64. The zero-order valence-electron chi connectivity index (χ0n) is 10.6. The van der Waals surface area contributed by atoms with E-state index in [-0.39, 0.29) is 23.9 Å². The molecule has 104 valence electrons. The van der Waals surface area contributed by atoms with E-state index in [1.54, 1.807) is 6.92 Å². The third-order valence-electron chi connectivity index (χ3n) is 4.02. The fraction of sp³-hybridized carbons (Fsp3) is 0.538. The molecular weight excluding hydrogens is 269 g/mol. The summed E-state index contributed by atoms with van der Waals surface area (Å²) in [4.78, 5) is -0.0477. The highest BCUT2D eigenvalue weighted by Gasteiger charge is 2.55. The van der Waals surface area contributed by atoms with Crippen LogP contribution in [0.4, 0.5) is 4.39 Å². The first kappa shape index (κ1) is 13.0. The molecule has 0 unspecified atom stereocenters. The first-order valence-corrected chi connectivity index (χ1v) is 7.76. The molecule has 0 spiro atoms. The first-order chi connectivity index (χ1) is 8.83. The fourth-order valence-electron chi connectivity index (χ4n) is 2.50. The summed E-state index contributed by atoms with van der Waals surface area (Å²) in [5, 5.41) is 10.1. The Morgan fingerprint density at radius 2 is 2.00 bits per heavy atom. The summed E-state index contributed by atoms with van der Waals surface area (Å²) in [5.74, 6) is -0.298. The van der Waals surface area contributed by atoms with Gasteiger partial charge in [0, 0.05) is 13.1 Å². The van der Waals surface area contributed by atoms with Gasteiger partial charge in [-0.1, -0.05) is 6.07 Å². The zero-order chi connectivity index (χ0) is 13.8. The topological polar surface area (TPSA) is 57.6 Å². The van der Waals surface area contributed by atoms with Gasteiger partial charge in [0.1, 0.15) is 5.82 Å². The van der Waals surface area contributed by atoms with Crippen LogP contribution in [0.25, 0.3) is 0 Å². The molecule has 1 N–H and O–H groups in total. The maximum Gasteiger partial charge on any atom is 0.243 e. The molecule has 1 saturated carbocycles. The Morgan fingerprint density at radius 1 is 1.37 bits per heavy atom. The van der Waals surface area contributed by atoms with Crippen LogP contribution < -0.4 is 0 Å². The maximum atomic E-state index is 13.5. The average molecular weight is 285 g/mol. The van der Waals surface area contributed by atoms with Crippen molar-refractivity contribution < 1.29 is 17.9 Å². The summed E-state index contributed by atoms with van der Waals surface area (Å²) in [6, 6.07) is 3.90. The molecule has 2 aliphatic rings. The number of rotatable bonds is 3. The van der Waals surface area contributed by atoms with Crippen LogP contribution in [0.2, 0.25) is 0 Å². The molecule has 1 aliphatic heterocycles. The number of hydrogen-bond donors (Lipinski definition) is 1. The molecule has 6 heteroatoms. The summed E-state index contributed by atoms with van der Waals surface area (Å²) in [6.45, 7) is 1.83. The molecule has 0 atom stereocenters. The minimum atomic E-state index is -3.68. The number of benzene rings is 1. The van der Waals surface area contributed by atoms with E-state index in [0.717, 1.165) is 18.9 Å². The van der Waals surface area contributed by atoms with Crippen LogP contribution in [0.15, 0.2) is 23.1 Å². The third-order valence-corrected chi connectivity index (χ3v) is 5.81. The van der Waals surface area contributed by atoms with Crippen molar-refractivity contribution in [3.05, 3.63) is 29.6 Å². The third kappa shape index (κ3) is 2.07. The van der Waals surface area contributed by atoms with E-state index in [0.29, 0.717) is 5.56 Å². The van der Waals surface area contributed by atoms with Gasteiger partial charge in [0.25, 0.3) is 0 Å². The highest BCUT2D eigenvalue weighted by molar-refractivity contribution is 7.89. The standard InChI is InChI=1S/C13H16FNO3S/c1-9-2-5-11(6-12(9)14)19(17,18)15-7-13(16,8-15)10-3-4-10/h2,5-6,10,16H,3-4,7-8H2,1H3. The van der Waals surface area contributed by atoms with Crippen LogP contribution >= 0.6 is 0 Å². The quantitative estimate of drug-likeness (QED) is 0.910. The zero-order valence-corrected chi connectivity index (χ0v) is 11.5. The molecule has 3 rings (SSSR count). The normalized spacial score (nSPS) is 23.1. The summed E-state index contributed by atoms with van der Waals surface area (Å²) in [7, 11) is -3.68. The fourth-order valence-corrected chi connectivity index (χ4v) is 4.07. The Hall–Kier alpha value is -0.980. The summed E-state index contributed by atoms with van der Waals surface area (Å²) in [5.41, 5.74) is -0.451. The molecule has 1 aliphatic carbocycles. The Kier molecular flexibility index (Phi) is 2.75. The molecule has 2 fully saturated rings. The van der Waals surface area contributed by atoms with Gasteiger partial charge in [-0.15, -0.1) is 0 Å². The van der Waals surface area contributed by atoms with Crippen LogP contribution in [-0.2, 0) is 10.0 Å². The molecule has 4 nitrogen and oxygen atoms in total. The Morgan fingerprint density at radius 3 is 2.53 bits per heavy atom. The molecule has 0 aromatic heterocycles. The summed E-state index contributed by atoms with van der Waals surface area (Å²) >= 11 is 0. The molecule has 1 saturated heterocycles. The van der Waals surface area contributed by atoms with Gasteiger partial charge in [-0.25, -0.2) is 12.8 Å². The van der Waals surface area contributed by atoms with Crippen LogP contribution in [0, 0.1) is 18.7 Å².